The lowest BCUT2D eigenvalue weighted by Crippen LogP contribution is -2.47. The number of fused-ring (bicyclic) bond motifs is 1. The molecule has 5 heteroatoms. The Morgan fingerprint density at radius 1 is 1.26 bits per heavy atom. The number of morpholine rings is 1. The van der Waals surface area contributed by atoms with Crippen molar-refractivity contribution < 1.29 is 4.74 Å². The average Bonchev–Trinajstić information content (AvgIpc) is 2.40. The second-order valence-electron chi connectivity index (χ2n) is 4.98. The van der Waals surface area contributed by atoms with E-state index in [9.17, 15) is 0 Å². The average molecular weight is 278 g/mol. The van der Waals surface area contributed by atoms with Crippen molar-refractivity contribution in [1.29, 1.82) is 0 Å². The molecule has 2 unspecified atom stereocenters. The molecule has 100 valence electrons. The molecule has 0 bridgehead atoms. The van der Waals surface area contributed by atoms with Gasteiger partial charge >= 0.3 is 0 Å². The highest BCUT2D eigenvalue weighted by Crippen LogP contribution is 2.28. The minimum absolute atomic E-state index is 0.198. The molecular formula is C14H16ClN3O. The van der Waals surface area contributed by atoms with Crippen LogP contribution in [0.2, 0.25) is 5.28 Å². The third-order valence-electron chi connectivity index (χ3n) is 3.44. The summed E-state index contributed by atoms with van der Waals surface area (Å²) in [6.07, 6.45) is 0.198. The molecule has 1 aromatic heterocycles. The van der Waals surface area contributed by atoms with E-state index in [1.54, 1.807) is 0 Å². The normalized spacial score (nSPS) is 23.8. The number of halogens is 1. The molecule has 0 saturated carbocycles. The van der Waals surface area contributed by atoms with Crippen LogP contribution < -0.4 is 4.90 Å². The van der Waals surface area contributed by atoms with Gasteiger partial charge in [-0.3, -0.25) is 0 Å². The van der Waals surface area contributed by atoms with Gasteiger partial charge in [-0.15, -0.1) is 0 Å². The van der Waals surface area contributed by atoms with Crippen molar-refractivity contribution in [3.05, 3.63) is 29.5 Å². The fourth-order valence-electron chi connectivity index (χ4n) is 2.45. The maximum Gasteiger partial charge on any atom is 0.224 e. The molecule has 0 amide bonds. The molecule has 19 heavy (non-hydrogen) atoms. The summed E-state index contributed by atoms with van der Waals surface area (Å²) < 4.78 is 5.67. The largest absolute Gasteiger partial charge is 0.375 e. The first-order valence-corrected chi connectivity index (χ1v) is 6.83. The van der Waals surface area contributed by atoms with Crippen LogP contribution in [0.3, 0.4) is 0 Å². The van der Waals surface area contributed by atoms with Crippen molar-refractivity contribution in [2.45, 2.75) is 26.0 Å². The van der Waals surface area contributed by atoms with Crippen molar-refractivity contribution in [3.63, 3.8) is 0 Å². The Balaban J connectivity index is 2.13. The standard InChI is InChI=1S/C14H16ClN3O/c1-9-8-19-10(2)7-18(9)13-11-5-3-4-6-12(11)16-14(15)17-13/h3-6,9-10H,7-8H2,1-2H3. The molecular weight excluding hydrogens is 262 g/mol. The molecule has 3 rings (SSSR count). The number of hydrogen-bond acceptors (Lipinski definition) is 4. The van der Waals surface area contributed by atoms with Gasteiger partial charge in [-0.25, -0.2) is 4.98 Å². The minimum Gasteiger partial charge on any atom is -0.375 e. The first-order chi connectivity index (χ1) is 9.15. The van der Waals surface area contributed by atoms with E-state index in [4.69, 9.17) is 16.3 Å². The number of para-hydroxylation sites is 1. The molecule has 0 N–H and O–H groups in total. The maximum atomic E-state index is 6.05. The number of anilines is 1. The molecule has 0 radical (unpaired) electrons. The number of ether oxygens (including phenoxy) is 1. The Morgan fingerprint density at radius 2 is 2.05 bits per heavy atom. The van der Waals surface area contributed by atoms with E-state index in [1.807, 2.05) is 24.3 Å². The molecule has 2 heterocycles. The summed E-state index contributed by atoms with van der Waals surface area (Å²) in [6, 6.07) is 8.23. The molecule has 0 aliphatic carbocycles. The molecule has 1 aliphatic rings. The summed E-state index contributed by atoms with van der Waals surface area (Å²) in [5.74, 6) is 0.901. The van der Waals surface area contributed by atoms with Crippen LogP contribution >= 0.6 is 11.6 Å². The zero-order valence-electron chi connectivity index (χ0n) is 11.0. The molecule has 1 fully saturated rings. The highest BCUT2D eigenvalue weighted by Gasteiger charge is 2.26. The SMILES string of the molecule is CC1CN(c2nc(Cl)nc3ccccc23)C(C)CO1. The summed E-state index contributed by atoms with van der Waals surface area (Å²) >= 11 is 6.05. The number of aromatic nitrogens is 2. The van der Waals surface area contributed by atoms with Crippen LogP contribution in [0.1, 0.15) is 13.8 Å². The Morgan fingerprint density at radius 3 is 2.89 bits per heavy atom. The van der Waals surface area contributed by atoms with Gasteiger partial charge in [0.15, 0.2) is 0 Å². The number of nitrogens with zero attached hydrogens (tertiary/aromatic N) is 3. The van der Waals surface area contributed by atoms with Gasteiger partial charge in [0.2, 0.25) is 5.28 Å². The van der Waals surface area contributed by atoms with Gasteiger partial charge in [0, 0.05) is 11.9 Å². The van der Waals surface area contributed by atoms with E-state index in [0.717, 1.165) is 23.3 Å². The third-order valence-corrected chi connectivity index (χ3v) is 3.60. The quantitative estimate of drug-likeness (QED) is 0.751. The summed E-state index contributed by atoms with van der Waals surface area (Å²) in [4.78, 5) is 11.0. The van der Waals surface area contributed by atoms with Gasteiger partial charge in [-0.2, -0.15) is 4.98 Å². The zero-order valence-corrected chi connectivity index (χ0v) is 11.8. The van der Waals surface area contributed by atoms with E-state index in [1.165, 1.54) is 0 Å². The van der Waals surface area contributed by atoms with E-state index in [-0.39, 0.29) is 12.1 Å². The van der Waals surface area contributed by atoms with Gasteiger partial charge in [0.05, 0.1) is 24.3 Å². The summed E-state index contributed by atoms with van der Waals surface area (Å²) in [6.45, 7) is 5.73. The monoisotopic (exact) mass is 277 g/mol. The van der Waals surface area contributed by atoms with Crippen LogP contribution in [-0.2, 0) is 4.74 Å². The number of benzene rings is 1. The van der Waals surface area contributed by atoms with Crippen LogP contribution in [0.25, 0.3) is 10.9 Å². The summed E-state index contributed by atoms with van der Waals surface area (Å²) in [7, 11) is 0. The van der Waals surface area contributed by atoms with Crippen molar-refractivity contribution in [3.8, 4) is 0 Å². The fraction of sp³-hybridized carbons (Fsp3) is 0.429. The molecule has 1 aliphatic heterocycles. The lowest BCUT2D eigenvalue weighted by Gasteiger charge is -2.38. The van der Waals surface area contributed by atoms with Gasteiger partial charge in [0.1, 0.15) is 5.82 Å². The number of rotatable bonds is 1. The van der Waals surface area contributed by atoms with Crippen molar-refractivity contribution in [1.82, 2.24) is 9.97 Å². The molecule has 1 saturated heterocycles. The Bertz CT molecular complexity index is 604. The summed E-state index contributed by atoms with van der Waals surface area (Å²) in [5, 5.41) is 1.33. The maximum absolute atomic E-state index is 6.05. The minimum atomic E-state index is 0.198. The fourth-order valence-corrected chi connectivity index (χ4v) is 2.62. The van der Waals surface area contributed by atoms with E-state index >= 15 is 0 Å². The lowest BCUT2D eigenvalue weighted by atomic mass is 10.1. The van der Waals surface area contributed by atoms with Crippen LogP contribution in [0, 0.1) is 0 Å². The van der Waals surface area contributed by atoms with Crippen LogP contribution in [0.15, 0.2) is 24.3 Å². The lowest BCUT2D eigenvalue weighted by molar-refractivity contribution is 0.0341. The van der Waals surface area contributed by atoms with Crippen molar-refractivity contribution >= 4 is 28.3 Å². The molecule has 0 spiro atoms. The topological polar surface area (TPSA) is 38.2 Å². The predicted octanol–water partition coefficient (Wildman–Crippen LogP) is 2.90. The van der Waals surface area contributed by atoms with Gasteiger partial charge in [-0.1, -0.05) is 12.1 Å². The molecule has 4 nitrogen and oxygen atoms in total. The van der Waals surface area contributed by atoms with Crippen LogP contribution in [0.5, 0.6) is 0 Å². The number of hydrogen-bond donors (Lipinski definition) is 0. The zero-order chi connectivity index (χ0) is 13.4. The Kier molecular flexibility index (Phi) is 3.29. The highest BCUT2D eigenvalue weighted by molar-refractivity contribution is 6.28. The van der Waals surface area contributed by atoms with E-state index in [0.29, 0.717) is 11.9 Å². The van der Waals surface area contributed by atoms with E-state index < -0.39 is 0 Å². The Labute approximate surface area is 117 Å². The smallest absolute Gasteiger partial charge is 0.224 e. The van der Waals surface area contributed by atoms with Gasteiger partial charge in [-0.05, 0) is 37.6 Å². The third kappa shape index (κ3) is 2.38. The molecule has 2 aromatic rings. The van der Waals surface area contributed by atoms with Crippen LogP contribution in [0.4, 0.5) is 5.82 Å². The first-order valence-electron chi connectivity index (χ1n) is 6.45. The van der Waals surface area contributed by atoms with Gasteiger partial charge in [0.25, 0.3) is 0 Å². The second-order valence-corrected chi connectivity index (χ2v) is 5.32. The predicted molar refractivity (Wildman–Crippen MR) is 76.8 cm³/mol. The van der Waals surface area contributed by atoms with E-state index in [2.05, 4.69) is 28.7 Å². The second kappa shape index (κ2) is 4.94. The van der Waals surface area contributed by atoms with Gasteiger partial charge < -0.3 is 9.64 Å². The van der Waals surface area contributed by atoms with Crippen molar-refractivity contribution in [2.75, 3.05) is 18.1 Å². The molecule has 1 aromatic carbocycles. The molecule has 2 atom stereocenters. The first kappa shape index (κ1) is 12.6. The Hall–Kier alpha value is -1.39. The van der Waals surface area contributed by atoms with Crippen molar-refractivity contribution in [2.24, 2.45) is 0 Å². The highest BCUT2D eigenvalue weighted by atomic mass is 35.5. The summed E-state index contributed by atoms with van der Waals surface area (Å²) in [5.41, 5.74) is 0.879. The van der Waals surface area contributed by atoms with Crippen LogP contribution in [-0.4, -0.2) is 35.3 Å².